The summed E-state index contributed by atoms with van der Waals surface area (Å²) in [5.74, 6) is 0.849. The number of carbonyl (C=O) groups excluding carboxylic acids is 1. The van der Waals surface area contributed by atoms with E-state index >= 15 is 0 Å². The Morgan fingerprint density at radius 3 is 2.53 bits per heavy atom. The molecule has 0 aromatic heterocycles. The third-order valence-corrected chi connectivity index (χ3v) is 6.31. The number of ether oxygens (including phenoxy) is 6. The molecule has 4 rings (SSSR count). The smallest absolute Gasteiger partial charge is 0.302 e. The summed E-state index contributed by atoms with van der Waals surface area (Å²) >= 11 is 0. The van der Waals surface area contributed by atoms with Gasteiger partial charge in [0.05, 0.1) is 20.8 Å². The maximum atomic E-state index is 11.1. The van der Waals surface area contributed by atoms with Crippen molar-refractivity contribution in [2.24, 2.45) is 0 Å². The fourth-order valence-corrected chi connectivity index (χ4v) is 4.37. The fourth-order valence-electron chi connectivity index (χ4n) is 4.37. The van der Waals surface area contributed by atoms with Crippen LogP contribution in [0.25, 0.3) is 0 Å². The van der Waals surface area contributed by atoms with Crippen molar-refractivity contribution >= 4 is 5.97 Å². The molecule has 11 nitrogen and oxygen atoms in total. The van der Waals surface area contributed by atoms with E-state index in [-0.39, 0.29) is 30.6 Å². The van der Waals surface area contributed by atoms with E-state index in [9.17, 15) is 25.2 Å². The van der Waals surface area contributed by atoms with E-state index in [4.69, 9.17) is 28.4 Å². The largest absolute Gasteiger partial charge is 0.504 e. The molecule has 196 valence electrons. The average molecular weight is 507 g/mol. The first-order chi connectivity index (χ1) is 17.2. The van der Waals surface area contributed by atoms with Crippen LogP contribution < -0.4 is 18.9 Å². The van der Waals surface area contributed by atoms with Gasteiger partial charge in [0.25, 0.3) is 0 Å². The Balaban J connectivity index is 1.47. The predicted octanol–water partition coefficient (Wildman–Crippen LogP) is 0.878. The lowest BCUT2D eigenvalue weighted by Gasteiger charge is -2.40. The Bertz CT molecular complexity index is 1090. The van der Waals surface area contributed by atoms with Gasteiger partial charge in [-0.2, -0.15) is 0 Å². The molecule has 1 unspecified atom stereocenters. The number of aliphatic hydroxyl groups excluding tert-OH is 3. The molecule has 0 aliphatic carbocycles. The van der Waals surface area contributed by atoms with Gasteiger partial charge in [-0.25, -0.2) is 0 Å². The van der Waals surface area contributed by atoms with Crippen molar-refractivity contribution in [3.8, 4) is 28.7 Å². The quantitative estimate of drug-likeness (QED) is 0.396. The van der Waals surface area contributed by atoms with Crippen LogP contribution in [0.4, 0.5) is 0 Å². The number of fused-ring (bicyclic) bond motifs is 1. The van der Waals surface area contributed by atoms with Crippen molar-refractivity contribution in [3.63, 3.8) is 0 Å². The molecular weight excluding hydrogens is 476 g/mol. The number of benzene rings is 2. The lowest BCUT2D eigenvalue weighted by molar-refractivity contribution is -0.278. The van der Waals surface area contributed by atoms with Crippen LogP contribution in [0.1, 0.15) is 24.0 Å². The molecule has 2 heterocycles. The van der Waals surface area contributed by atoms with Gasteiger partial charge in [-0.05, 0) is 24.1 Å². The summed E-state index contributed by atoms with van der Waals surface area (Å²) in [4.78, 5) is 11.1. The van der Waals surface area contributed by atoms with Crippen molar-refractivity contribution in [2.75, 3.05) is 27.4 Å². The zero-order valence-corrected chi connectivity index (χ0v) is 20.1. The lowest BCUT2D eigenvalue weighted by Crippen LogP contribution is -2.60. The van der Waals surface area contributed by atoms with Crippen molar-refractivity contribution in [1.29, 1.82) is 0 Å². The van der Waals surface area contributed by atoms with Crippen LogP contribution in [0.15, 0.2) is 30.3 Å². The van der Waals surface area contributed by atoms with Gasteiger partial charge in [0.15, 0.2) is 11.5 Å². The second-order valence-corrected chi connectivity index (χ2v) is 8.66. The summed E-state index contributed by atoms with van der Waals surface area (Å²) in [6.07, 6.45) is -6.38. The number of aromatic hydroxyl groups is 1. The van der Waals surface area contributed by atoms with Crippen molar-refractivity contribution in [2.45, 2.75) is 50.0 Å². The number of phenolic OH excluding ortho intramolecular Hbond substituents is 1. The minimum atomic E-state index is -1.56. The molecule has 6 atom stereocenters. The van der Waals surface area contributed by atoms with E-state index in [0.29, 0.717) is 29.2 Å². The van der Waals surface area contributed by atoms with Crippen LogP contribution in [-0.2, 0) is 20.7 Å². The van der Waals surface area contributed by atoms with Crippen LogP contribution in [0.3, 0.4) is 0 Å². The highest BCUT2D eigenvalue weighted by atomic mass is 16.7. The number of esters is 1. The first kappa shape index (κ1) is 25.8. The van der Waals surface area contributed by atoms with E-state index in [2.05, 4.69) is 0 Å². The summed E-state index contributed by atoms with van der Waals surface area (Å²) in [6.45, 7) is 1.19. The number of phenols is 1. The van der Waals surface area contributed by atoms with E-state index in [1.165, 1.54) is 21.1 Å². The van der Waals surface area contributed by atoms with Gasteiger partial charge < -0.3 is 48.8 Å². The molecular formula is C25H30O11. The normalized spacial score (nSPS) is 27.4. The third-order valence-electron chi connectivity index (χ3n) is 6.31. The molecule has 0 spiro atoms. The summed E-state index contributed by atoms with van der Waals surface area (Å²) < 4.78 is 32.6. The first-order valence-electron chi connectivity index (χ1n) is 11.4. The molecule has 36 heavy (non-hydrogen) atoms. The van der Waals surface area contributed by atoms with Crippen LogP contribution in [0, 0.1) is 0 Å². The van der Waals surface area contributed by atoms with E-state index in [0.717, 1.165) is 5.56 Å². The zero-order valence-electron chi connectivity index (χ0n) is 20.1. The minimum absolute atomic E-state index is 0.00124. The predicted molar refractivity (Wildman–Crippen MR) is 124 cm³/mol. The molecule has 2 aromatic carbocycles. The SMILES string of the molecule is COc1ccc(C2COc3cc(O[C@@H]4O[C@H](COC(C)=O)[C@@H](O)[C@H](O)[C@H]4O)ccc3C2)c(O)c1OC. The molecule has 1 saturated heterocycles. The van der Waals surface area contributed by atoms with Crippen LogP contribution in [0.5, 0.6) is 28.7 Å². The van der Waals surface area contributed by atoms with Crippen molar-refractivity contribution in [3.05, 3.63) is 41.5 Å². The summed E-state index contributed by atoms with van der Waals surface area (Å²) in [7, 11) is 2.96. The number of hydrogen-bond donors (Lipinski definition) is 4. The second kappa shape index (κ2) is 10.8. The molecule has 4 N–H and O–H groups in total. The highest BCUT2D eigenvalue weighted by molar-refractivity contribution is 5.65. The highest BCUT2D eigenvalue weighted by Gasteiger charge is 2.45. The topological polar surface area (TPSA) is 153 Å². The van der Waals surface area contributed by atoms with Gasteiger partial charge in [-0.1, -0.05) is 12.1 Å². The molecule has 11 heteroatoms. The number of rotatable bonds is 7. The molecule has 2 aliphatic heterocycles. The Labute approximate surface area is 207 Å². The number of carbonyl (C=O) groups is 1. The molecule has 2 aromatic rings. The van der Waals surface area contributed by atoms with Gasteiger partial charge in [0, 0.05) is 24.5 Å². The first-order valence-corrected chi connectivity index (χ1v) is 11.4. The van der Waals surface area contributed by atoms with Crippen LogP contribution in [-0.4, -0.2) is 84.5 Å². The minimum Gasteiger partial charge on any atom is -0.504 e. The van der Waals surface area contributed by atoms with E-state index < -0.39 is 36.7 Å². The van der Waals surface area contributed by atoms with Crippen LogP contribution >= 0.6 is 0 Å². The summed E-state index contributed by atoms with van der Waals surface area (Å²) in [6, 6.07) is 8.60. The van der Waals surface area contributed by atoms with Crippen LogP contribution in [0.2, 0.25) is 0 Å². The Hall–Kier alpha value is -3.25. The zero-order chi connectivity index (χ0) is 26.0. The standard InChI is InChI=1S/C25H30O11/c1-12(26)33-11-19-21(28)22(29)23(30)25(36-19)35-15-5-4-13-8-14(10-34-18(13)9-15)16-6-7-17(31-2)24(32-3)20(16)27/h4-7,9,14,19,21-23,25,27-30H,8,10-11H2,1-3H3/t14?,19-,21-,22+,23-,25-/m1/s1. The maximum absolute atomic E-state index is 11.1. The molecule has 0 amide bonds. The number of methoxy groups -OCH3 is 2. The number of hydrogen-bond acceptors (Lipinski definition) is 11. The molecule has 2 aliphatic rings. The summed E-state index contributed by atoms with van der Waals surface area (Å²) in [5, 5.41) is 41.3. The second-order valence-electron chi connectivity index (χ2n) is 8.66. The molecule has 0 saturated carbocycles. The van der Waals surface area contributed by atoms with Gasteiger partial charge in [-0.15, -0.1) is 0 Å². The molecule has 0 radical (unpaired) electrons. The monoisotopic (exact) mass is 506 g/mol. The van der Waals surface area contributed by atoms with E-state index in [1.54, 1.807) is 30.3 Å². The highest BCUT2D eigenvalue weighted by Crippen LogP contribution is 2.44. The van der Waals surface area contributed by atoms with Crippen molar-refractivity contribution in [1.82, 2.24) is 0 Å². The Morgan fingerprint density at radius 1 is 1.06 bits per heavy atom. The Kier molecular flexibility index (Phi) is 7.74. The van der Waals surface area contributed by atoms with Gasteiger partial charge in [-0.3, -0.25) is 4.79 Å². The third kappa shape index (κ3) is 5.14. The molecule has 0 bridgehead atoms. The van der Waals surface area contributed by atoms with E-state index in [1.807, 2.05) is 0 Å². The average Bonchev–Trinajstić information content (AvgIpc) is 2.87. The van der Waals surface area contributed by atoms with Gasteiger partial charge >= 0.3 is 5.97 Å². The van der Waals surface area contributed by atoms with Gasteiger partial charge in [0.1, 0.15) is 42.5 Å². The Morgan fingerprint density at radius 2 is 1.83 bits per heavy atom. The van der Waals surface area contributed by atoms with Gasteiger partial charge in [0.2, 0.25) is 12.0 Å². The fraction of sp³-hybridized carbons (Fsp3) is 0.480. The molecule has 1 fully saturated rings. The number of aliphatic hydroxyl groups is 3. The lowest BCUT2D eigenvalue weighted by atomic mass is 9.89. The van der Waals surface area contributed by atoms with Crippen molar-refractivity contribution < 1.29 is 53.6 Å². The summed E-state index contributed by atoms with van der Waals surface area (Å²) in [5.41, 5.74) is 1.55. The maximum Gasteiger partial charge on any atom is 0.302 e.